The Bertz CT molecular complexity index is 1680. The van der Waals surface area contributed by atoms with Crippen LogP contribution in [-0.2, 0) is 57.1 Å². The van der Waals surface area contributed by atoms with Crippen molar-refractivity contribution in [1.82, 2.24) is 0 Å². The Morgan fingerprint density at radius 3 is 1.88 bits per heavy atom. The Hall–Kier alpha value is -5.05. The van der Waals surface area contributed by atoms with Crippen molar-refractivity contribution in [2.75, 3.05) is 6.61 Å². The van der Waals surface area contributed by atoms with E-state index in [0.717, 1.165) is 27.7 Å². The second-order valence-electron chi connectivity index (χ2n) is 13.1. The van der Waals surface area contributed by atoms with Crippen molar-refractivity contribution in [3.8, 4) is 0 Å². The highest BCUT2D eigenvalue weighted by atomic mass is 16.6. The second kappa shape index (κ2) is 13.3. The SMILES string of the molecule is CC(=O)OC[C@]12[C@@H](OC(C)=O)C(=O)[C@@H]3[C@@H](OC(=O)c4ccco4)[C@]1(OC3(C)C)[C@H](C)[C@@H](OC(C)=O)[C@H](OC(C)=O)[C@@H]2OC(=O)c1ccccc1. The van der Waals surface area contributed by atoms with E-state index in [2.05, 4.69) is 0 Å². The average molecular weight is 699 g/mol. The van der Waals surface area contributed by atoms with Crippen LogP contribution in [-0.4, -0.2) is 89.9 Å². The number of carbonyl (C=O) groups is 7. The third-order valence-electron chi connectivity index (χ3n) is 9.57. The molecule has 15 nitrogen and oxygen atoms in total. The number of Topliss-reactive ketones (excluding diaryl/α,β-unsaturated/α-hetero) is 1. The largest absolute Gasteiger partial charge is 0.465 e. The van der Waals surface area contributed by atoms with Crippen LogP contribution < -0.4 is 0 Å². The molecular weight excluding hydrogens is 660 g/mol. The third-order valence-corrected chi connectivity index (χ3v) is 9.57. The molecule has 2 aromatic rings. The Morgan fingerprint density at radius 2 is 1.32 bits per heavy atom. The highest BCUT2D eigenvalue weighted by Crippen LogP contribution is 2.67. The molecule has 0 unspecified atom stereocenters. The molecule has 2 heterocycles. The van der Waals surface area contributed by atoms with Crippen LogP contribution in [0.4, 0.5) is 0 Å². The molecule has 1 saturated heterocycles. The van der Waals surface area contributed by atoms with E-state index in [1.165, 1.54) is 37.5 Å². The summed E-state index contributed by atoms with van der Waals surface area (Å²) in [5.74, 6) is -9.20. The number of esters is 6. The first kappa shape index (κ1) is 36.2. The Labute approximate surface area is 286 Å². The number of hydrogen-bond donors (Lipinski definition) is 0. The van der Waals surface area contributed by atoms with E-state index in [1.54, 1.807) is 32.0 Å². The molecule has 0 amide bonds. The van der Waals surface area contributed by atoms with E-state index in [4.69, 9.17) is 37.6 Å². The highest BCUT2D eigenvalue weighted by Gasteiger charge is 2.87. The van der Waals surface area contributed by atoms with Gasteiger partial charge in [-0.25, -0.2) is 9.59 Å². The Kier molecular flexibility index (Phi) is 9.67. The average Bonchev–Trinajstić information content (AvgIpc) is 3.64. The Morgan fingerprint density at radius 1 is 0.720 bits per heavy atom. The number of ether oxygens (including phenoxy) is 7. The van der Waals surface area contributed by atoms with E-state index in [-0.39, 0.29) is 11.3 Å². The molecule has 50 heavy (non-hydrogen) atoms. The molecule has 1 aliphatic heterocycles. The molecule has 3 aliphatic rings. The standard InChI is InChI=1S/C35H38O15/c1-17-26(45-19(3)37)27(46-20(4)38)30(49-31(41)22-12-9-8-10-13-22)34(16-44-18(2)36)29(47-21(5)39)25(40)24-28(35(17,34)50-33(24,6)7)48-32(42)23-14-11-15-43-23/h8-15,17,24,26-30H,16H2,1-7H3/t17-,24-,26-,27+,28-,29+,30+,34-,35-/m1/s1. The maximum absolute atomic E-state index is 14.9. The summed E-state index contributed by atoms with van der Waals surface area (Å²) < 4.78 is 47.4. The summed E-state index contributed by atoms with van der Waals surface area (Å²) in [6.07, 6.45) is -7.42. The number of fused-ring (bicyclic) bond motifs is 1. The molecule has 0 radical (unpaired) electrons. The van der Waals surface area contributed by atoms with Crippen LogP contribution in [0.15, 0.2) is 53.1 Å². The fourth-order valence-corrected chi connectivity index (χ4v) is 7.94. The lowest BCUT2D eigenvalue weighted by Crippen LogP contribution is -2.83. The maximum Gasteiger partial charge on any atom is 0.374 e. The normalized spacial score (nSPS) is 32.1. The number of hydrogen-bond acceptors (Lipinski definition) is 15. The second-order valence-corrected chi connectivity index (χ2v) is 13.1. The van der Waals surface area contributed by atoms with Gasteiger partial charge in [0, 0.05) is 33.6 Å². The van der Waals surface area contributed by atoms with Crippen LogP contribution in [0.5, 0.6) is 0 Å². The van der Waals surface area contributed by atoms with Gasteiger partial charge in [0.15, 0.2) is 24.1 Å². The quantitative estimate of drug-likeness (QED) is 0.273. The van der Waals surface area contributed by atoms with Crippen molar-refractivity contribution in [2.24, 2.45) is 17.3 Å². The number of ketones is 1. The van der Waals surface area contributed by atoms with Gasteiger partial charge in [0.05, 0.1) is 23.3 Å². The predicted octanol–water partition coefficient (Wildman–Crippen LogP) is 2.77. The minimum absolute atomic E-state index is 0.0194. The summed E-state index contributed by atoms with van der Waals surface area (Å²) in [5.41, 5.74) is -5.95. The summed E-state index contributed by atoms with van der Waals surface area (Å²) in [4.78, 5) is 93.3. The molecule has 5 rings (SSSR count). The van der Waals surface area contributed by atoms with Gasteiger partial charge in [0.25, 0.3) is 0 Å². The van der Waals surface area contributed by atoms with Crippen LogP contribution >= 0.6 is 0 Å². The molecule has 2 saturated carbocycles. The van der Waals surface area contributed by atoms with Crippen LogP contribution in [0.2, 0.25) is 0 Å². The third kappa shape index (κ3) is 5.92. The van der Waals surface area contributed by atoms with Gasteiger partial charge in [0.2, 0.25) is 5.76 Å². The predicted molar refractivity (Wildman–Crippen MR) is 165 cm³/mol. The van der Waals surface area contributed by atoms with Crippen LogP contribution in [0.3, 0.4) is 0 Å². The summed E-state index contributed by atoms with van der Waals surface area (Å²) in [6.45, 7) is 8.03. The zero-order valence-electron chi connectivity index (χ0n) is 28.5. The van der Waals surface area contributed by atoms with E-state index in [1.807, 2.05) is 0 Å². The van der Waals surface area contributed by atoms with Crippen LogP contribution in [0.1, 0.15) is 69.4 Å². The van der Waals surface area contributed by atoms with Crippen LogP contribution in [0, 0.1) is 17.3 Å². The summed E-state index contributed by atoms with van der Waals surface area (Å²) in [6, 6.07) is 10.4. The van der Waals surface area contributed by atoms with Crippen molar-refractivity contribution in [2.45, 2.75) is 90.2 Å². The number of carbonyl (C=O) groups excluding carboxylic acids is 7. The van der Waals surface area contributed by atoms with Gasteiger partial charge >= 0.3 is 35.8 Å². The van der Waals surface area contributed by atoms with Gasteiger partial charge in [0.1, 0.15) is 29.8 Å². The lowest BCUT2D eigenvalue weighted by Gasteiger charge is -2.64. The monoisotopic (exact) mass is 698 g/mol. The zero-order valence-corrected chi connectivity index (χ0v) is 28.5. The number of benzene rings is 1. The van der Waals surface area contributed by atoms with Crippen molar-refractivity contribution in [3.05, 3.63) is 60.1 Å². The minimum atomic E-state index is -2.32. The van der Waals surface area contributed by atoms with Crippen molar-refractivity contribution < 1.29 is 71.1 Å². The summed E-state index contributed by atoms with van der Waals surface area (Å²) in [7, 11) is 0. The first-order valence-corrected chi connectivity index (χ1v) is 15.9. The van der Waals surface area contributed by atoms with Gasteiger partial charge in [-0.15, -0.1) is 0 Å². The molecule has 15 heteroatoms. The maximum atomic E-state index is 14.9. The molecule has 2 aliphatic carbocycles. The topological polar surface area (TPSA) is 197 Å². The van der Waals surface area contributed by atoms with E-state index < -0.39 is 107 Å². The lowest BCUT2D eigenvalue weighted by atomic mass is 9.46. The molecule has 0 N–H and O–H groups in total. The highest BCUT2D eigenvalue weighted by molar-refractivity contribution is 5.94. The molecule has 9 atom stereocenters. The molecule has 268 valence electrons. The first-order valence-electron chi connectivity index (χ1n) is 15.9. The van der Waals surface area contributed by atoms with E-state index in [0.29, 0.717) is 0 Å². The number of furan rings is 1. The fraction of sp³-hybridized carbons (Fsp3) is 0.514. The summed E-state index contributed by atoms with van der Waals surface area (Å²) in [5, 5.41) is 0. The smallest absolute Gasteiger partial charge is 0.374 e. The van der Waals surface area contributed by atoms with Gasteiger partial charge in [-0.1, -0.05) is 25.1 Å². The van der Waals surface area contributed by atoms with Crippen molar-refractivity contribution in [1.29, 1.82) is 0 Å². The van der Waals surface area contributed by atoms with Gasteiger partial charge < -0.3 is 37.6 Å². The van der Waals surface area contributed by atoms with E-state index >= 15 is 0 Å². The zero-order chi connectivity index (χ0) is 36.8. The van der Waals surface area contributed by atoms with Crippen molar-refractivity contribution in [3.63, 3.8) is 0 Å². The minimum Gasteiger partial charge on any atom is -0.465 e. The lowest BCUT2D eigenvalue weighted by molar-refractivity contribution is -0.330. The molecule has 1 aromatic heterocycles. The fourth-order valence-electron chi connectivity index (χ4n) is 7.94. The molecule has 2 bridgehead atoms. The molecule has 1 spiro atoms. The van der Waals surface area contributed by atoms with Gasteiger partial charge in [-0.3, -0.25) is 24.0 Å². The first-order chi connectivity index (χ1) is 23.5. The molecule has 3 fully saturated rings. The number of rotatable bonds is 9. The van der Waals surface area contributed by atoms with Crippen molar-refractivity contribution >= 4 is 41.6 Å². The summed E-state index contributed by atoms with van der Waals surface area (Å²) >= 11 is 0. The van der Waals surface area contributed by atoms with E-state index in [9.17, 15) is 33.6 Å². The Balaban J connectivity index is 1.88. The van der Waals surface area contributed by atoms with Gasteiger partial charge in [-0.05, 0) is 38.1 Å². The van der Waals surface area contributed by atoms with Crippen LogP contribution in [0.25, 0.3) is 0 Å². The van der Waals surface area contributed by atoms with Gasteiger partial charge in [-0.2, -0.15) is 0 Å². The molecule has 1 aromatic carbocycles. The molecular formula is C35H38O15.